The van der Waals surface area contributed by atoms with Gasteiger partial charge in [-0.25, -0.2) is 4.39 Å². The van der Waals surface area contributed by atoms with Gasteiger partial charge in [0.25, 0.3) is 5.91 Å². The Morgan fingerprint density at radius 1 is 1.32 bits per heavy atom. The van der Waals surface area contributed by atoms with Crippen LogP contribution in [0.15, 0.2) is 24.3 Å². The molecule has 2 rings (SSSR count). The number of hydrogen-bond acceptors (Lipinski definition) is 4. The Morgan fingerprint density at radius 2 is 1.94 bits per heavy atom. The number of nitrogens with zero attached hydrogens (tertiary/aromatic N) is 3. The lowest BCUT2D eigenvalue weighted by atomic mass is 10.1. The average Bonchev–Trinajstić information content (AvgIpc) is 3.09. The van der Waals surface area contributed by atoms with E-state index in [2.05, 4.69) is 6.07 Å². The third-order valence-corrected chi connectivity index (χ3v) is 5.12. The van der Waals surface area contributed by atoms with Crippen molar-refractivity contribution in [3.63, 3.8) is 0 Å². The number of nitrogens with one attached hydrogen (secondary N) is 1. The van der Waals surface area contributed by atoms with Gasteiger partial charge in [0.1, 0.15) is 17.9 Å². The van der Waals surface area contributed by atoms with Crippen molar-refractivity contribution in [3.8, 4) is 6.07 Å². The molecule has 0 saturated carbocycles. The number of likely N-dealkylation sites (tertiary alicyclic amines) is 1. The molecule has 3 amide bonds. The molecule has 1 aromatic rings. The molecule has 1 aliphatic rings. The number of carbonyl (C=O) groups is 3. The van der Waals surface area contributed by atoms with Gasteiger partial charge in [0, 0.05) is 20.0 Å². The first-order valence-electron chi connectivity index (χ1n) is 9.82. The highest BCUT2D eigenvalue weighted by Crippen LogP contribution is 2.23. The molecule has 1 heterocycles. The molecule has 0 aliphatic carbocycles. The van der Waals surface area contributed by atoms with Crippen molar-refractivity contribution in [1.82, 2.24) is 15.1 Å². The molecule has 168 valence electrons. The van der Waals surface area contributed by atoms with Gasteiger partial charge in [0.05, 0.1) is 12.6 Å². The smallest absolute Gasteiger partial charge is 0.328 e. The second kappa shape index (κ2) is 9.81. The molecule has 7 nitrogen and oxygen atoms in total. The van der Waals surface area contributed by atoms with Crippen LogP contribution in [0, 0.1) is 23.1 Å². The highest BCUT2D eigenvalue weighted by Gasteiger charge is 2.40. The number of alkyl halides is 2. The Hall–Kier alpha value is -3.09. The number of nitriles is 1. The van der Waals surface area contributed by atoms with Crippen molar-refractivity contribution < 1.29 is 27.6 Å². The zero-order valence-corrected chi connectivity index (χ0v) is 17.6. The Morgan fingerprint density at radius 3 is 2.52 bits per heavy atom. The number of likely N-dealkylation sites (N-methyl/N-ethyl adjacent to an activating group) is 1. The first-order chi connectivity index (χ1) is 14.4. The minimum Gasteiger partial charge on any atom is -0.339 e. The Bertz CT molecular complexity index is 870. The minimum absolute atomic E-state index is 0.0649. The summed E-state index contributed by atoms with van der Waals surface area (Å²) in [6.07, 6.45) is -0.396. The largest absolute Gasteiger partial charge is 0.339 e. The van der Waals surface area contributed by atoms with Crippen LogP contribution in [0.1, 0.15) is 25.8 Å². The fourth-order valence-corrected chi connectivity index (χ4v) is 3.45. The van der Waals surface area contributed by atoms with Crippen LogP contribution in [0.3, 0.4) is 0 Å². The van der Waals surface area contributed by atoms with Crippen molar-refractivity contribution >= 4 is 17.7 Å². The van der Waals surface area contributed by atoms with Crippen LogP contribution < -0.4 is 5.32 Å². The molecular weight excluding hydrogens is 413 g/mol. The maximum atomic E-state index is 14.2. The van der Waals surface area contributed by atoms with Crippen LogP contribution in [0.2, 0.25) is 0 Å². The third kappa shape index (κ3) is 6.20. The normalized spacial score (nSPS) is 19.5. The van der Waals surface area contributed by atoms with Gasteiger partial charge in [-0.2, -0.15) is 14.0 Å². The third-order valence-electron chi connectivity index (χ3n) is 5.12. The van der Waals surface area contributed by atoms with Crippen molar-refractivity contribution in [2.75, 3.05) is 20.1 Å². The van der Waals surface area contributed by atoms with E-state index < -0.39 is 48.0 Å². The molecule has 1 aliphatic heterocycles. The molecule has 0 bridgehead atoms. The minimum atomic E-state index is -3.81. The second-order valence-electron chi connectivity index (χ2n) is 7.93. The Kier molecular flexibility index (Phi) is 7.65. The SMILES string of the molecule is CC1CC(C#N)N(C(=O)CN(C)C(=O)C(C)NC(=O)C(F)(F)Cc2ccc(F)cc2)C1. The summed E-state index contributed by atoms with van der Waals surface area (Å²) in [7, 11) is 1.32. The van der Waals surface area contributed by atoms with Crippen LogP contribution >= 0.6 is 0 Å². The number of hydrogen-bond donors (Lipinski definition) is 1. The number of carbonyl (C=O) groups excluding carboxylic acids is 3. The maximum absolute atomic E-state index is 14.2. The second-order valence-corrected chi connectivity index (χ2v) is 7.93. The van der Waals surface area contributed by atoms with Crippen molar-refractivity contribution in [2.45, 2.75) is 44.7 Å². The summed E-state index contributed by atoms with van der Waals surface area (Å²) in [4.78, 5) is 39.3. The molecule has 1 N–H and O–H groups in total. The molecule has 1 fully saturated rings. The van der Waals surface area contributed by atoms with Gasteiger partial charge in [-0.05, 0) is 37.0 Å². The molecule has 0 aromatic heterocycles. The Labute approximate surface area is 178 Å². The monoisotopic (exact) mass is 438 g/mol. The van der Waals surface area contributed by atoms with E-state index in [4.69, 9.17) is 5.26 Å². The van der Waals surface area contributed by atoms with E-state index in [9.17, 15) is 27.6 Å². The predicted molar refractivity (Wildman–Crippen MR) is 105 cm³/mol. The summed E-state index contributed by atoms with van der Waals surface area (Å²) in [5.74, 6) is -7.02. The van der Waals surface area contributed by atoms with Gasteiger partial charge < -0.3 is 15.1 Å². The summed E-state index contributed by atoms with van der Waals surface area (Å²) >= 11 is 0. The lowest BCUT2D eigenvalue weighted by molar-refractivity contribution is -0.149. The standard InChI is InChI=1S/C21H25F3N4O3/c1-13-8-17(10-25)28(11-13)18(29)12-27(3)19(30)14(2)26-20(31)21(23,24)9-15-4-6-16(22)7-5-15/h4-7,13-14,17H,8-9,11-12H2,1-3H3,(H,26,31). The number of benzene rings is 1. The molecule has 0 spiro atoms. The van der Waals surface area contributed by atoms with Crippen LogP contribution in [-0.2, 0) is 20.8 Å². The molecule has 31 heavy (non-hydrogen) atoms. The topological polar surface area (TPSA) is 93.5 Å². The van der Waals surface area contributed by atoms with Gasteiger partial charge in [0.15, 0.2) is 0 Å². The van der Waals surface area contributed by atoms with Crippen LogP contribution in [0.4, 0.5) is 13.2 Å². The summed E-state index contributed by atoms with van der Waals surface area (Å²) in [6.45, 7) is 3.22. The first-order valence-corrected chi connectivity index (χ1v) is 9.82. The summed E-state index contributed by atoms with van der Waals surface area (Å²) in [6, 6.07) is 4.53. The molecule has 1 aromatic carbocycles. The summed E-state index contributed by atoms with van der Waals surface area (Å²) < 4.78 is 41.4. The fraction of sp³-hybridized carbons (Fsp3) is 0.524. The predicted octanol–water partition coefficient (Wildman–Crippen LogP) is 1.73. The van der Waals surface area contributed by atoms with E-state index in [1.54, 1.807) is 0 Å². The quantitative estimate of drug-likeness (QED) is 0.702. The molecule has 10 heteroatoms. The fourth-order valence-electron chi connectivity index (χ4n) is 3.45. The maximum Gasteiger partial charge on any atom is 0.328 e. The van der Waals surface area contributed by atoms with Gasteiger partial charge in [0.2, 0.25) is 11.8 Å². The van der Waals surface area contributed by atoms with Gasteiger partial charge in [-0.15, -0.1) is 0 Å². The highest BCUT2D eigenvalue weighted by atomic mass is 19.3. The Balaban J connectivity index is 1.92. The van der Waals surface area contributed by atoms with E-state index in [-0.39, 0.29) is 18.0 Å². The van der Waals surface area contributed by atoms with Crippen LogP contribution in [0.5, 0.6) is 0 Å². The van der Waals surface area contributed by atoms with Crippen molar-refractivity contribution in [3.05, 3.63) is 35.6 Å². The highest BCUT2D eigenvalue weighted by molar-refractivity contribution is 5.92. The molecular formula is C21H25F3N4O3. The molecule has 3 unspecified atom stereocenters. The van der Waals surface area contributed by atoms with Crippen molar-refractivity contribution in [1.29, 1.82) is 5.26 Å². The van der Waals surface area contributed by atoms with E-state index in [1.807, 2.05) is 12.2 Å². The van der Waals surface area contributed by atoms with Crippen LogP contribution in [-0.4, -0.2) is 65.7 Å². The van der Waals surface area contributed by atoms with E-state index in [1.165, 1.54) is 18.9 Å². The summed E-state index contributed by atoms with van der Waals surface area (Å²) in [5, 5.41) is 11.1. The molecule has 1 saturated heterocycles. The molecule has 3 atom stereocenters. The van der Waals surface area contributed by atoms with E-state index >= 15 is 0 Å². The average molecular weight is 438 g/mol. The van der Waals surface area contributed by atoms with Gasteiger partial charge in [-0.3, -0.25) is 14.4 Å². The zero-order chi connectivity index (χ0) is 23.3. The number of amides is 3. The lowest BCUT2D eigenvalue weighted by Gasteiger charge is -2.26. The van der Waals surface area contributed by atoms with E-state index in [0.29, 0.717) is 13.0 Å². The first kappa shape index (κ1) is 24.2. The lowest BCUT2D eigenvalue weighted by Crippen LogP contribution is -2.52. The van der Waals surface area contributed by atoms with Crippen LogP contribution in [0.25, 0.3) is 0 Å². The van der Waals surface area contributed by atoms with Gasteiger partial charge in [-0.1, -0.05) is 19.1 Å². The van der Waals surface area contributed by atoms with Gasteiger partial charge >= 0.3 is 5.92 Å². The van der Waals surface area contributed by atoms with E-state index in [0.717, 1.165) is 29.2 Å². The molecule has 0 radical (unpaired) electrons. The number of rotatable bonds is 7. The summed E-state index contributed by atoms with van der Waals surface area (Å²) in [5.41, 5.74) is 0.0649. The number of halogens is 3. The van der Waals surface area contributed by atoms with Crippen molar-refractivity contribution in [2.24, 2.45) is 5.92 Å². The zero-order valence-electron chi connectivity index (χ0n) is 17.6.